The van der Waals surface area contributed by atoms with Crippen LogP contribution in [0.5, 0.6) is 5.75 Å². The average molecular weight is 348 g/mol. The van der Waals surface area contributed by atoms with E-state index < -0.39 is 27.3 Å². The van der Waals surface area contributed by atoms with Crippen molar-refractivity contribution in [1.82, 2.24) is 0 Å². The zero-order chi connectivity index (χ0) is 17.6. The fraction of sp³-hybridized carbons (Fsp3) is 0.235. The van der Waals surface area contributed by atoms with Gasteiger partial charge >= 0.3 is 10.1 Å². The number of anilines is 1. The van der Waals surface area contributed by atoms with Crippen molar-refractivity contribution in [3.8, 4) is 5.75 Å². The number of hydrogen-bond acceptors (Lipinski definition) is 5. The van der Waals surface area contributed by atoms with Gasteiger partial charge in [-0.05, 0) is 37.6 Å². The molecular weight excluding hydrogens is 328 g/mol. The van der Waals surface area contributed by atoms with E-state index in [1.807, 2.05) is 6.07 Å². The Bertz CT molecular complexity index is 764. The van der Waals surface area contributed by atoms with Gasteiger partial charge in [-0.3, -0.25) is 4.79 Å². The number of amides is 1. The lowest BCUT2D eigenvalue weighted by molar-refractivity contribution is -0.117. The summed E-state index contributed by atoms with van der Waals surface area (Å²) in [6, 6.07) is 16.1. The molecule has 6 nitrogen and oxygen atoms in total. The molecule has 0 aliphatic heterocycles. The van der Waals surface area contributed by atoms with Gasteiger partial charge in [0, 0.05) is 5.69 Å². The molecule has 0 aromatic heterocycles. The summed E-state index contributed by atoms with van der Waals surface area (Å²) < 4.78 is 29.5. The van der Waals surface area contributed by atoms with E-state index in [1.165, 1.54) is 6.92 Å². The van der Waals surface area contributed by atoms with Crippen LogP contribution in [0.2, 0.25) is 0 Å². The molecule has 3 N–H and O–H groups in total. The summed E-state index contributed by atoms with van der Waals surface area (Å²) in [4.78, 5) is 12.1. The van der Waals surface area contributed by atoms with Crippen LogP contribution in [0.1, 0.15) is 13.3 Å². The van der Waals surface area contributed by atoms with Crippen molar-refractivity contribution in [3.63, 3.8) is 0 Å². The molecule has 0 aliphatic rings. The van der Waals surface area contributed by atoms with Gasteiger partial charge in [-0.2, -0.15) is 8.42 Å². The van der Waals surface area contributed by atoms with Gasteiger partial charge in [0.15, 0.2) is 0 Å². The van der Waals surface area contributed by atoms with E-state index in [0.717, 1.165) is 0 Å². The second-order valence-electron chi connectivity index (χ2n) is 5.40. The van der Waals surface area contributed by atoms with Gasteiger partial charge in [-0.15, -0.1) is 0 Å². The number of rotatable bonds is 7. The number of nitrogens with one attached hydrogen (secondary N) is 1. The smallest absolute Gasteiger partial charge is 0.311 e. The number of carbonyl (C=O) groups is 1. The minimum Gasteiger partial charge on any atom is -0.382 e. The van der Waals surface area contributed by atoms with E-state index >= 15 is 0 Å². The minimum atomic E-state index is -3.87. The first-order valence-corrected chi connectivity index (χ1v) is 8.95. The topological polar surface area (TPSA) is 98.5 Å². The maximum atomic E-state index is 12.2. The van der Waals surface area contributed by atoms with Crippen molar-refractivity contribution in [2.24, 2.45) is 5.73 Å². The quantitative estimate of drug-likeness (QED) is 0.747. The van der Waals surface area contributed by atoms with Crippen LogP contribution in [0.3, 0.4) is 0 Å². The third-order valence-electron chi connectivity index (χ3n) is 3.41. The number of benzene rings is 2. The van der Waals surface area contributed by atoms with E-state index in [4.69, 9.17) is 9.92 Å². The fourth-order valence-corrected chi connectivity index (χ4v) is 3.02. The summed E-state index contributed by atoms with van der Waals surface area (Å²) >= 11 is 0. The van der Waals surface area contributed by atoms with Gasteiger partial charge in [0.25, 0.3) is 0 Å². The van der Waals surface area contributed by atoms with Gasteiger partial charge in [0.2, 0.25) is 5.91 Å². The fourth-order valence-electron chi connectivity index (χ4n) is 2.03. The van der Waals surface area contributed by atoms with Crippen molar-refractivity contribution in [2.75, 3.05) is 5.32 Å². The summed E-state index contributed by atoms with van der Waals surface area (Å²) in [6.07, 6.45) is -0.0478. The van der Waals surface area contributed by atoms with Crippen LogP contribution in [-0.4, -0.2) is 25.6 Å². The second-order valence-corrected chi connectivity index (χ2v) is 7.35. The lowest BCUT2D eigenvalue weighted by Crippen LogP contribution is -2.40. The van der Waals surface area contributed by atoms with Crippen LogP contribution in [0.25, 0.3) is 0 Å². The maximum absolute atomic E-state index is 12.2. The Morgan fingerprint density at radius 2 is 1.62 bits per heavy atom. The molecule has 128 valence electrons. The van der Waals surface area contributed by atoms with Crippen molar-refractivity contribution in [2.45, 2.75) is 24.6 Å². The lowest BCUT2D eigenvalue weighted by atomic mass is 10.1. The van der Waals surface area contributed by atoms with Crippen LogP contribution in [0.15, 0.2) is 60.7 Å². The highest BCUT2D eigenvalue weighted by atomic mass is 32.2. The molecule has 0 saturated carbocycles. The lowest BCUT2D eigenvalue weighted by Gasteiger charge is -2.17. The van der Waals surface area contributed by atoms with Gasteiger partial charge in [0.1, 0.15) is 5.75 Å². The largest absolute Gasteiger partial charge is 0.382 e. The van der Waals surface area contributed by atoms with E-state index in [1.54, 1.807) is 54.6 Å². The Labute approximate surface area is 141 Å². The van der Waals surface area contributed by atoms with Crippen molar-refractivity contribution in [3.05, 3.63) is 60.7 Å². The molecular formula is C17H20N2O4S. The molecule has 2 aromatic carbocycles. The Balaban J connectivity index is 1.94. The standard InChI is InChI=1S/C17H20N2O4S/c1-13(24(21,22)23-15-10-6-3-7-11-15)12-16(18)17(20)19-14-8-4-2-5-9-14/h2-11,13,16H,12,18H2,1H3,(H,19,20). The maximum Gasteiger partial charge on any atom is 0.311 e. The molecule has 2 rings (SSSR count). The van der Waals surface area contributed by atoms with Crippen LogP contribution < -0.4 is 15.2 Å². The van der Waals surface area contributed by atoms with Gasteiger partial charge in [-0.25, -0.2) is 0 Å². The predicted octanol–water partition coefficient (Wildman–Crippen LogP) is 2.14. The Morgan fingerprint density at radius 1 is 1.08 bits per heavy atom. The Hall–Kier alpha value is -2.38. The molecule has 0 bridgehead atoms. The molecule has 0 radical (unpaired) electrons. The SMILES string of the molecule is CC(CC(N)C(=O)Nc1ccccc1)S(=O)(=O)Oc1ccccc1. The molecule has 2 aromatic rings. The molecule has 0 heterocycles. The first-order chi connectivity index (χ1) is 11.4. The summed E-state index contributed by atoms with van der Waals surface area (Å²) in [5.74, 6) is -0.213. The Morgan fingerprint density at radius 3 is 2.21 bits per heavy atom. The molecule has 1 amide bonds. The molecule has 0 aliphatic carbocycles. The molecule has 7 heteroatoms. The molecule has 24 heavy (non-hydrogen) atoms. The normalized spacial score (nSPS) is 13.8. The zero-order valence-corrected chi connectivity index (χ0v) is 14.1. The highest BCUT2D eigenvalue weighted by molar-refractivity contribution is 7.87. The third kappa shape index (κ3) is 5.07. The van der Waals surface area contributed by atoms with Crippen LogP contribution >= 0.6 is 0 Å². The molecule has 2 unspecified atom stereocenters. The van der Waals surface area contributed by atoms with Crippen LogP contribution in [0.4, 0.5) is 5.69 Å². The zero-order valence-electron chi connectivity index (χ0n) is 13.3. The number of para-hydroxylation sites is 2. The van der Waals surface area contributed by atoms with E-state index in [0.29, 0.717) is 5.69 Å². The van der Waals surface area contributed by atoms with Crippen LogP contribution in [0, 0.1) is 0 Å². The van der Waals surface area contributed by atoms with E-state index in [9.17, 15) is 13.2 Å². The summed E-state index contributed by atoms with van der Waals surface area (Å²) in [5.41, 5.74) is 6.43. The summed E-state index contributed by atoms with van der Waals surface area (Å²) in [7, 11) is -3.87. The highest BCUT2D eigenvalue weighted by Crippen LogP contribution is 2.17. The van der Waals surface area contributed by atoms with E-state index in [2.05, 4.69) is 5.32 Å². The van der Waals surface area contributed by atoms with Crippen molar-refractivity contribution < 1.29 is 17.4 Å². The Kier molecular flexibility index (Phi) is 5.94. The predicted molar refractivity (Wildman–Crippen MR) is 93.1 cm³/mol. The van der Waals surface area contributed by atoms with Crippen molar-refractivity contribution >= 4 is 21.7 Å². The number of hydrogen-bond donors (Lipinski definition) is 2. The van der Waals surface area contributed by atoms with Gasteiger partial charge in [-0.1, -0.05) is 36.4 Å². The monoisotopic (exact) mass is 348 g/mol. The molecule has 2 atom stereocenters. The molecule has 0 fully saturated rings. The highest BCUT2D eigenvalue weighted by Gasteiger charge is 2.28. The number of nitrogens with two attached hydrogens (primary N) is 1. The third-order valence-corrected chi connectivity index (χ3v) is 5.02. The number of carbonyl (C=O) groups excluding carboxylic acids is 1. The minimum absolute atomic E-state index is 0.0478. The summed E-state index contributed by atoms with van der Waals surface area (Å²) in [6.45, 7) is 1.47. The summed E-state index contributed by atoms with van der Waals surface area (Å²) in [5, 5.41) is 1.73. The second kappa shape index (κ2) is 7.94. The van der Waals surface area contributed by atoms with Gasteiger partial charge < -0.3 is 15.2 Å². The first kappa shape index (κ1) is 18.0. The van der Waals surface area contributed by atoms with E-state index in [-0.39, 0.29) is 12.2 Å². The van der Waals surface area contributed by atoms with Gasteiger partial charge in [0.05, 0.1) is 11.3 Å². The van der Waals surface area contributed by atoms with Crippen molar-refractivity contribution in [1.29, 1.82) is 0 Å². The van der Waals surface area contributed by atoms with Crippen LogP contribution in [-0.2, 0) is 14.9 Å². The first-order valence-electron chi connectivity index (χ1n) is 7.48. The average Bonchev–Trinajstić information content (AvgIpc) is 2.56. The molecule has 0 spiro atoms. The molecule has 0 saturated heterocycles.